The minimum atomic E-state index is -2.05. The summed E-state index contributed by atoms with van der Waals surface area (Å²) in [7, 11) is 1.17. The van der Waals surface area contributed by atoms with Crippen molar-refractivity contribution in [2.24, 2.45) is 0 Å². The molecule has 0 bridgehead atoms. The average molecular weight is 274 g/mol. The van der Waals surface area contributed by atoms with E-state index in [1.165, 1.54) is 5.56 Å². The zero-order valence-corrected chi connectivity index (χ0v) is 12.4. The van der Waals surface area contributed by atoms with Crippen LogP contribution in [0.5, 0.6) is 5.75 Å². The zero-order valence-electron chi connectivity index (χ0n) is 11.2. The van der Waals surface area contributed by atoms with Crippen LogP contribution < -0.4 is 4.43 Å². The normalized spacial score (nSPS) is 10.7. The van der Waals surface area contributed by atoms with Gasteiger partial charge in [-0.1, -0.05) is 48.5 Å². The van der Waals surface area contributed by atoms with Gasteiger partial charge < -0.3 is 13.3 Å². The maximum atomic E-state index is 5.81. The summed E-state index contributed by atoms with van der Waals surface area (Å²) in [4.78, 5) is 0. The molecule has 100 valence electrons. The molecule has 0 aromatic heterocycles. The van der Waals surface area contributed by atoms with Crippen LogP contribution in [0.15, 0.2) is 54.6 Å². The van der Waals surface area contributed by atoms with E-state index < -0.39 is 9.53 Å². The minimum absolute atomic E-state index is 0.839. The first-order valence-corrected chi connectivity index (χ1v) is 7.59. The van der Waals surface area contributed by atoms with Gasteiger partial charge in [-0.15, -0.1) is 0 Å². The molecule has 0 fully saturated rings. The Labute approximate surface area is 115 Å². The summed E-state index contributed by atoms with van der Waals surface area (Å²) in [5.74, 6) is 0.840. The molecule has 0 aliphatic carbocycles. The van der Waals surface area contributed by atoms with Crippen molar-refractivity contribution in [3.05, 3.63) is 65.7 Å². The van der Waals surface area contributed by atoms with Gasteiger partial charge in [-0.3, -0.25) is 0 Å². The van der Waals surface area contributed by atoms with Crippen molar-refractivity contribution in [1.29, 1.82) is 0 Å². The fourth-order valence-electron chi connectivity index (χ4n) is 1.88. The van der Waals surface area contributed by atoms with Crippen LogP contribution in [-0.2, 0) is 15.3 Å². The van der Waals surface area contributed by atoms with Crippen molar-refractivity contribution < 1.29 is 13.3 Å². The van der Waals surface area contributed by atoms with Gasteiger partial charge in [0.2, 0.25) is 0 Å². The van der Waals surface area contributed by atoms with E-state index >= 15 is 0 Å². The second-order valence-electron chi connectivity index (χ2n) is 4.15. The van der Waals surface area contributed by atoms with Gasteiger partial charge in [-0.05, 0) is 17.2 Å². The summed E-state index contributed by atoms with van der Waals surface area (Å²) in [6.45, 7) is 0. The molecule has 0 aliphatic heterocycles. The molecule has 2 rings (SSSR count). The molecule has 19 heavy (non-hydrogen) atoms. The van der Waals surface area contributed by atoms with Gasteiger partial charge in [0.15, 0.2) is 0 Å². The Kier molecular flexibility index (Phi) is 5.15. The molecule has 0 aliphatic rings. The standard InChI is InChI=1S/C15H18O3Si/c1-16-19(17-2)18-15-11-7-6-10-14(15)12-13-8-4-3-5-9-13/h3-11,19H,12H2,1-2H3. The first-order valence-electron chi connectivity index (χ1n) is 6.17. The SMILES string of the molecule is CO[SiH](OC)Oc1ccccc1Cc1ccccc1. The van der Waals surface area contributed by atoms with E-state index in [1.54, 1.807) is 14.2 Å². The molecule has 4 heteroatoms. The van der Waals surface area contributed by atoms with Gasteiger partial charge in [-0.25, -0.2) is 0 Å². The van der Waals surface area contributed by atoms with Gasteiger partial charge in [0.05, 0.1) is 0 Å². The molecule has 2 aromatic carbocycles. The molecule has 0 unspecified atom stereocenters. The van der Waals surface area contributed by atoms with Gasteiger partial charge in [0.1, 0.15) is 5.75 Å². The predicted octanol–water partition coefficient (Wildman–Crippen LogP) is 2.67. The summed E-state index contributed by atoms with van der Waals surface area (Å²) in [5.41, 5.74) is 2.40. The lowest BCUT2D eigenvalue weighted by Crippen LogP contribution is -2.27. The highest BCUT2D eigenvalue weighted by molar-refractivity contribution is 6.37. The Morgan fingerprint density at radius 1 is 0.842 bits per heavy atom. The van der Waals surface area contributed by atoms with Crippen molar-refractivity contribution in [3.8, 4) is 5.75 Å². The maximum absolute atomic E-state index is 5.81. The summed E-state index contributed by atoms with van der Waals surface area (Å²) in [6, 6.07) is 18.3. The molecule has 0 saturated heterocycles. The van der Waals surface area contributed by atoms with E-state index in [4.69, 9.17) is 13.3 Å². The number of hydrogen-bond acceptors (Lipinski definition) is 3. The highest BCUT2D eigenvalue weighted by atomic mass is 28.3. The third-order valence-corrected chi connectivity index (χ3v) is 4.03. The van der Waals surface area contributed by atoms with E-state index in [-0.39, 0.29) is 0 Å². The molecule has 0 radical (unpaired) electrons. The largest absolute Gasteiger partial charge is 0.549 e. The van der Waals surface area contributed by atoms with Gasteiger partial charge in [0.25, 0.3) is 0 Å². The maximum Gasteiger partial charge on any atom is 0.549 e. The van der Waals surface area contributed by atoms with Crippen molar-refractivity contribution in [3.63, 3.8) is 0 Å². The summed E-state index contributed by atoms with van der Waals surface area (Å²) < 4.78 is 16.2. The molecule has 0 amide bonds. The van der Waals surface area contributed by atoms with Gasteiger partial charge >= 0.3 is 9.53 Å². The Balaban J connectivity index is 2.16. The van der Waals surface area contributed by atoms with Crippen LogP contribution in [0, 0.1) is 0 Å². The van der Waals surface area contributed by atoms with Crippen molar-refractivity contribution >= 4 is 9.53 Å². The van der Waals surface area contributed by atoms with Crippen molar-refractivity contribution in [2.45, 2.75) is 6.42 Å². The first-order chi connectivity index (χ1) is 9.33. The summed E-state index contributed by atoms with van der Waals surface area (Å²) in [5, 5.41) is 0. The van der Waals surface area contributed by atoms with Crippen LogP contribution in [0.1, 0.15) is 11.1 Å². The lowest BCUT2D eigenvalue weighted by molar-refractivity contribution is 0.201. The molecule has 0 heterocycles. The average Bonchev–Trinajstić information content (AvgIpc) is 2.47. The Morgan fingerprint density at radius 2 is 1.47 bits per heavy atom. The molecule has 0 spiro atoms. The monoisotopic (exact) mass is 274 g/mol. The number of hydrogen-bond donors (Lipinski definition) is 0. The van der Waals surface area contributed by atoms with Crippen LogP contribution in [0.3, 0.4) is 0 Å². The highest BCUT2D eigenvalue weighted by Gasteiger charge is 2.15. The molecule has 2 aromatic rings. The number of benzene rings is 2. The molecule has 3 nitrogen and oxygen atoms in total. The lowest BCUT2D eigenvalue weighted by Gasteiger charge is -2.16. The van der Waals surface area contributed by atoms with Crippen molar-refractivity contribution in [1.82, 2.24) is 0 Å². The van der Waals surface area contributed by atoms with Crippen LogP contribution >= 0.6 is 0 Å². The van der Waals surface area contributed by atoms with E-state index in [2.05, 4.69) is 18.2 Å². The van der Waals surface area contributed by atoms with Crippen LogP contribution in [-0.4, -0.2) is 23.7 Å². The fourth-order valence-corrected chi connectivity index (χ4v) is 2.70. The first kappa shape index (κ1) is 13.8. The predicted molar refractivity (Wildman–Crippen MR) is 77.5 cm³/mol. The third kappa shape index (κ3) is 3.92. The zero-order chi connectivity index (χ0) is 13.5. The van der Waals surface area contributed by atoms with Crippen LogP contribution in [0.2, 0.25) is 0 Å². The Morgan fingerprint density at radius 3 is 2.16 bits per heavy atom. The third-order valence-electron chi connectivity index (χ3n) is 2.82. The molecular weight excluding hydrogens is 256 g/mol. The number of rotatable bonds is 6. The van der Waals surface area contributed by atoms with E-state index in [1.807, 2.05) is 36.4 Å². The summed E-state index contributed by atoms with van der Waals surface area (Å²) in [6.07, 6.45) is 0.839. The highest BCUT2D eigenvalue weighted by Crippen LogP contribution is 2.22. The van der Waals surface area contributed by atoms with Crippen molar-refractivity contribution in [2.75, 3.05) is 14.2 Å². The second kappa shape index (κ2) is 7.09. The topological polar surface area (TPSA) is 27.7 Å². The Hall–Kier alpha value is -1.62. The quantitative estimate of drug-likeness (QED) is 0.758. The minimum Gasteiger partial charge on any atom is -0.503 e. The molecule has 0 atom stereocenters. The number of para-hydroxylation sites is 1. The smallest absolute Gasteiger partial charge is 0.503 e. The lowest BCUT2D eigenvalue weighted by atomic mass is 10.0. The van der Waals surface area contributed by atoms with E-state index in [0.717, 1.165) is 17.7 Å². The van der Waals surface area contributed by atoms with E-state index in [9.17, 15) is 0 Å². The molecular formula is C15H18O3Si. The Bertz CT molecular complexity index is 498. The van der Waals surface area contributed by atoms with Gasteiger partial charge in [0, 0.05) is 20.6 Å². The van der Waals surface area contributed by atoms with Crippen LogP contribution in [0.4, 0.5) is 0 Å². The summed E-state index contributed by atoms with van der Waals surface area (Å²) >= 11 is 0. The van der Waals surface area contributed by atoms with Gasteiger partial charge in [-0.2, -0.15) is 0 Å². The van der Waals surface area contributed by atoms with E-state index in [0.29, 0.717) is 0 Å². The molecule has 0 N–H and O–H groups in total. The second-order valence-corrected chi connectivity index (χ2v) is 5.90. The fraction of sp³-hybridized carbons (Fsp3) is 0.200. The molecule has 0 saturated carbocycles. The van der Waals surface area contributed by atoms with Crippen LogP contribution in [0.25, 0.3) is 0 Å².